The lowest BCUT2D eigenvalue weighted by atomic mass is 9.76. The van der Waals surface area contributed by atoms with E-state index < -0.39 is 0 Å². The molecule has 26 heavy (non-hydrogen) atoms. The molecular weight excluding hydrogens is 328 g/mol. The fourth-order valence-electron chi connectivity index (χ4n) is 4.13. The predicted molar refractivity (Wildman–Crippen MR) is 101 cm³/mol. The Morgan fingerprint density at radius 2 is 1.96 bits per heavy atom. The number of hydrogen-bond donors (Lipinski definition) is 2. The molecule has 2 aromatic carbocycles. The first-order valence-corrected chi connectivity index (χ1v) is 9.11. The minimum Gasteiger partial charge on any atom is -0.396 e. The molecule has 2 atom stereocenters. The Balaban J connectivity index is 1.53. The van der Waals surface area contributed by atoms with E-state index in [1.165, 1.54) is 0 Å². The Morgan fingerprint density at radius 3 is 2.73 bits per heavy atom. The van der Waals surface area contributed by atoms with Crippen LogP contribution < -0.4 is 5.32 Å². The Hall–Kier alpha value is -2.37. The maximum atomic E-state index is 12.9. The molecule has 4 rings (SSSR count). The molecule has 0 bridgehead atoms. The third kappa shape index (κ3) is 3.08. The van der Waals surface area contributed by atoms with Crippen LogP contribution in [0.2, 0.25) is 0 Å². The van der Waals surface area contributed by atoms with Crippen LogP contribution in [0, 0.1) is 11.3 Å². The lowest BCUT2D eigenvalue weighted by Crippen LogP contribution is -2.43. The number of amides is 2. The number of carbonyl (C=O) groups excluding carboxylic acids is 1. The van der Waals surface area contributed by atoms with Crippen molar-refractivity contribution in [1.29, 1.82) is 0 Å². The molecule has 2 aliphatic heterocycles. The maximum absolute atomic E-state index is 12.9. The van der Waals surface area contributed by atoms with Gasteiger partial charge in [-0.3, -0.25) is 0 Å². The van der Waals surface area contributed by atoms with Crippen molar-refractivity contribution in [2.45, 2.75) is 6.42 Å². The van der Waals surface area contributed by atoms with Crippen LogP contribution in [0.5, 0.6) is 0 Å². The number of benzene rings is 2. The van der Waals surface area contributed by atoms with Gasteiger partial charge in [-0.2, -0.15) is 0 Å². The summed E-state index contributed by atoms with van der Waals surface area (Å²) < 4.78 is 5.58. The zero-order chi connectivity index (χ0) is 18.0. The number of nitrogens with one attached hydrogen (secondary N) is 1. The van der Waals surface area contributed by atoms with E-state index in [0.29, 0.717) is 32.2 Å². The summed E-state index contributed by atoms with van der Waals surface area (Å²) in [6.45, 7) is 2.50. The summed E-state index contributed by atoms with van der Waals surface area (Å²) in [5.41, 5.74) is 2.55. The lowest BCUT2D eigenvalue weighted by Gasteiger charge is -2.36. The molecule has 2 heterocycles. The molecule has 2 aliphatic rings. The molecule has 2 N–H and O–H groups in total. The highest BCUT2D eigenvalue weighted by atomic mass is 16.5. The van der Waals surface area contributed by atoms with E-state index in [1.807, 2.05) is 59.5 Å². The van der Waals surface area contributed by atoms with Gasteiger partial charge in [-0.15, -0.1) is 0 Å². The van der Waals surface area contributed by atoms with Crippen LogP contribution in [0.15, 0.2) is 54.6 Å². The van der Waals surface area contributed by atoms with Crippen LogP contribution in [0.4, 0.5) is 10.5 Å². The monoisotopic (exact) mass is 352 g/mol. The molecule has 0 radical (unpaired) electrons. The van der Waals surface area contributed by atoms with Crippen molar-refractivity contribution >= 4 is 11.7 Å². The molecule has 0 aliphatic carbocycles. The van der Waals surface area contributed by atoms with Gasteiger partial charge in [-0.05, 0) is 24.0 Å². The second-order valence-corrected chi connectivity index (χ2v) is 7.28. The van der Waals surface area contributed by atoms with Gasteiger partial charge in [-0.25, -0.2) is 4.79 Å². The van der Waals surface area contributed by atoms with E-state index in [2.05, 4.69) is 5.32 Å². The molecule has 2 aromatic rings. The van der Waals surface area contributed by atoms with Gasteiger partial charge < -0.3 is 20.1 Å². The zero-order valence-corrected chi connectivity index (χ0v) is 14.7. The van der Waals surface area contributed by atoms with Gasteiger partial charge >= 0.3 is 6.03 Å². The van der Waals surface area contributed by atoms with E-state index in [4.69, 9.17) is 4.74 Å². The fraction of sp³-hybridized carbons (Fsp3) is 0.381. The van der Waals surface area contributed by atoms with Crippen molar-refractivity contribution in [2.24, 2.45) is 11.3 Å². The third-order valence-corrected chi connectivity index (χ3v) is 5.67. The highest BCUT2D eigenvalue weighted by Crippen LogP contribution is 2.41. The highest BCUT2D eigenvalue weighted by Gasteiger charge is 2.49. The van der Waals surface area contributed by atoms with Gasteiger partial charge in [0.1, 0.15) is 0 Å². The average Bonchev–Trinajstić information content (AvgIpc) is 3.09. The van der Waals surface area contributed by atoms with Crippen molar-refractivity contribution in [3.8, 4) is 11.1 Å². The van der Waals surface area contributed by atoms with Crippen molar-refractivity contribution in [3.05, 3.63) is 54.6 Å². The zero-order valence-electron chi connectivity index (χ0n) is 14.7. The maximum Gasteiger partial charge on any atom is 0.321 e. The first-order chi connectivity index (χ1) is 12.7. The van der Waals surface area contributed by atoms with Gasteiger partial charge in [0.2, 0.25) is 0 Å². The number of fused-ring (bicyclic) bond motifs is 1. The number of aliphatic hydroxyl groups excluding tert-OH is 1. The predicted octanol–water partition coefficient (Wildman–Crippen LogP) is 3.22. The molecule has 2 amide bonds. The summed E-state index contributed by atoms with van der Waals surface area (Å²) >= 11 is 0. The largest absolute Gasteiger partial charge is 0.396 e. The number of ether oxygens (including phenoxy) is 1. The summed E-state index contributed by atoms with van der Waals surface area (Å²) in [6.07, 6.45) is 0.894. The number of carbonyl (C=O) groups is 1. The van der Waals surface area contributed by atoms with Gasteiger partial charge in [-0.1, -0.05) is 48.5 Å². The van der Waals surface area contributed by atoms with E-state index in [1.54, 1.807) is 0 Å². The normalized spacial score (nSPS) is 25.0. The molecular formula is C21H24N2O3. The van der Waals surface area contributed by atoms with Crippen molar-refractivity contribution in [3.63, 3.8) is 0 Å². The minimum atomic E-state index is -0.311. The number of anilines is 1. The average molecular weight is 352 g/mol. The molecule has 0 saturated carbocycles. The summed E-state index contributed by atoms with van der Waals surface area (Å²) in [5.74, 6) is 0.302. The Bertz CT molecular complexity index is 780. The molecule has 0 aromatic heterocycles. The number of hydrogen-bond acceptors (Lipinski definition) is 3. The summed E-state index contributed by atoms with van der Waals surface area (Å²) in [4.78, 5) is 14.7. The third-order valence-electron chi connectivity index (χ3n) is 5.67. The number of aliphatic hydroxyl groups is 1. The molecule has 2 saturated heterocycles. The molecule has 136 valence electrons. The van der Waals surface area contributed by atoms with E-state index in [0.717, 1.165) is 23.2 Å². The second kappa shape index (κ2) is 7.09. The van der Waals surface area contributed by atoms with E-state index in [9.17, 15) is 9.90 Å². The van der Waals surface area contributed by atoms with Crippen LogP contribution >= 0.6 is 0 Å². The van der Waals surface area contributed by atoms with Gasteiger partial charge in [0.05, 0.1) is 18.9 Å². The van der Waals surface area contributed by atoms with Crippen molar-refractivity contribution < 1.29 is 14.6 Å². The molecule has 0 unspecified atom stereocenters. The standard InChI is InChI=1S/C21H24N2O3/c24-14-21-13-23(12-17(21)10-11-26-15-21)20(25)22-19-9-5-4-8-18(19)16-6-2-1-3-7-16/h1-9,17,24H,10-15H2,(H,22,25)/t17-,21+/m0/s1. The van der Waals surface area contributed by atoms with Crippen LogP contribution in [-0.4, -0.2) is 48.9 Å². The van der Waals surface area contributed by atoms with Crippen LogP contribution in [0.25, 0.3) is 11.1 Å². The lowest BCUT2D eigenvalue weighted by molar-refractivity contribution is -0.0555. The first-order valence-electron chi connectivity index (χ1n) is 9.11. The Labute approximate surface area is 153 Å². The van der Waals surface area contributed by atoms with E-state index >= 15 is 0 Å². The molecule has 5 heteroatoms. The smallest absolute Gasteiger partial charge is 0.321 e. The van der Waals surface area contributed by atoms with Gasteiger partial charge in [0, 0.05) is 30.7 Å². The summed E-state index contributed by atoms with van der Waals surface area (Å²) in [6, 6.07) is 17.7. The first kappa shape index (κ1) is 17.1. The minimum absolute atomic E-state index is 0.0576. The van der Waals surface area contributed by atoms with Crippen molar-refractivity contribution in [1.82, 2.24) is 4.90 Å². The van der Waals surface area contributed by atoms with E-state index in [-0.39, 0.29) is 18.1 Å². The number of urea groups is 1. The quantitative estimate of drug-likeness (QED) is 0.892. The number of rotatable bonds is 3. The summed E-state index contributed by atoms with van der Waals surface area (Å²) in [5, 5.41) is 13.0. The topological polar surface area (TPSA) is 61.8 Å². The van der Waals surface area contributed by atoms with Crippen LogP contribution in [-0.2, 0) is 4.74 Å². The Kier molecular flexibility index (Phi) is 4.66. The Morgan fingerprint density at radius 1 is 1.19 bits per heavy atom. The second-order valence-electron chi connectivity index (χ2n) is 7.28. The van der Waals surface area contributed by atoms with Gasteiger partial charge in [0.25, 0.3) is 0 Å². The number of likely N-dealkylation sites (tertiary alicyclic amines) is 1. The SMILES string of the molecule is O=C(Nc1ccccc1-c1ccccc1)N1C[C@@H]2CCOC[C@]2(CO)C1. The highest BCUT2D eigenvalue weighted by molar-refractivity contribution is 5.94. The number of para-hydroxylation sites is 1. The fourth-order valence-corrected chi connectivity index (χ4v) is 4.13. The molecule has 0 spiro atoms. The van der Waals surface area contributed by atoms with Crippen molar-refractivity contribution in [2.75, 3.05) is 38.2 Å². The number of nitrogens with zero attached hydrogens (tertiary/aromatic N) is 1. The van der Waals surface area contributed by atoms with Gasteiger partial charge in [0.15, 0.2) is 0 Å². The van der Waals surface area contributed by atoms with Crippen LogP contribution in [0.3, 0.4) is 0 Å². The molecule has 2 fully saturated rings. The van der Waals surface area contributed by atoms with Crippen LogP contribution in [0.1, 0.15) is 6.42 Å². The molecule has 5 nitrogen and oxygen atoms in total. The summed E-state index contributed by atoms with van der Waals surface area (Å²) in [7, 11) is 0.